The highest BCUT2D eigenvalue weighted by Crippen LogP contribution is 2.35. The summed E-state index contributed by atoms with van der Waals surface area (Å²) < 4.78 is 24.2. The van der Waals surface area contributed by atoms with Gasteiger partial charge in [-0.05, 0) is 37.3 Å². The molecule has 110 valence electrons. The SMILES string of the molecule is COC(=O)Nc1ccc(OC2CCC(C)C2)c(F)c1Cl. The molecule has 0 heterocycles. The molecule has 0 aliphatic heterocycles. The van der Waals surface area contributed by atoms with Gasteiger partial charge in [0.1, 0.15) is 5.02 Å². The predicted molar refractivity (Wildman–Crippen MR) is 74.9 cm³/mol. The van der Waals surface area contributed by atoms with Crippen molar-refractivity contribution in [1.82, 2.24) is 0 Å². The van der Waals surface area contributed by atoms with Gasteiger partial charge in [0.05, 0.1) is 18.9 Å². The van der Waals surface area contributed by atoms with Gasteiger partial charge in [-0.1, -0.05) is 18.5 Å². The third-order valence-corrected chi connectivity index (χ3v) is 3.78. The maximum Gasteiger partial charge on any atom is 0.411 e. The number of rotatable bonds is 3. The fraction of sp³-hybridized carbons (Fsp3) is 0.500. The number of anilines is 1. The summed E-state index contributed by atoms with van der Waals surface area (Å²) in [5, 5.41) is 2.16. The van der Waals surface area contributed by atoms with Crippen molar-refractivity contribution in [2.24, 2.45) is 5.92 Å². The first kappa shape index (κ1) is 14.9. The van der Waals surface area contributed by atoms with Gasteiger partial charge in [0.2, 0.25) is 0 Å². The zero-order chi connectivity index (χ0) is 14.7. The summed E-state index contributed by atoms with van der Waals surface area (Å²) in [5.41, 5.74) is 0.156. The second-order valence-corrected chi connectivity index (χ2v) is 5.39. The van der Waals surface area contributed by atoms with Crippen LogP contribution in [-0.4, -0.2) is 19.3 Å². The number of hydrogen-bond acceptors (Lipinski definition) is 3. The van der Waals surface area contributed by atoms with Crippen LogP contribution in [0.1, 0.15) is 26.2 Å². The van der Waals surface area contributed by atoms with E-state index in [1.807, 2.05) is 0 Å². The highest BCUT2D eigenvalue weighted by Gasteiger charge is 2.24. The molecule has 1 fully saturated rings. The average molecular weight is 302 g/mol. The standard InChI is InChI=1S/C14H17ClFNO3/c1-8-3-4-9(7-8)20-11-6-5-10(12(15)13(11)16)17-14(18)19-2/h5-6,8-9H,3-4,7H2,1-2H3,(H,17,18). The molecule has 2 atom stereocenters. The Kier molecular flexibility index (Phi) is 4.70. The Morgan fingerprint density at radius 1 is 1.45 bits per heavy atom. The van der Waals surface area contributed by atoms with Gasteiger partial charge >= 0.3 is 6.09 Å². The lowest BCUT2D eigenvalue weighted by atomic mass is 10.1. The highest BCUT2D eigenvalue weighted by molar-refractivity contribution is 6.34. The van der Waals surface area contributed by atoms with Crippen LogP contribution >= 0.6 is 11.6 Å². The van der Waals surface area contributed by atoms with Crippen molar-refractivity contribution in [2.45, 2.75) is 32.3 Å². The molecule has 0 aromatic heterocycles. The number of benzene rings is 1. The second-order valence-electron chi connectivity index (χ2n) is 5.01. The summed E-state index contributed by atoms with van der Waals surface area (Å²) in [6.07, 6.45) is 2.24. The van der Waals surface area contributed by atoms with E-state index in [4.69, 9.17) is 16.3 Å². The van der Waals surface area contributed by atoms with Crippen molar-refractivity contribution >= 4 is 23.4 Å². The topological polar surface area (TPSA) is 47.6 Å². The smallest absolute Gasteiger partial charge is 0.411 e. The summed E-state index contributed by atoms with van der Waals surface area (Å²) in [4.78, 5) is 11.1. The molecule has 1 amide bonds. The maximum absolute atomic E-state index is 14.1. The van der Waals surface area contributed by atoms with E-state index in [0.29, 0.717) is 5.92 Å². The zero-order valence-corrected chi connectivity index (χ0v) is 12.2. The van der Waals surface area contributed by atoms with E-state index in [2.05, 4.69) is 17.0 Å². The predicted octanol–water partition coefficient (Wildman–Crippen LogP) is 4.22. The second kappa shape index (κ2) is 6.31. The van der Waals surface area contributed by atoms with E-state index in [1.54, 1.807) is 0 Å². The van der Waals surface area contributed by atoms with Crippen molar-refractivity contribution in [3.05, 3.63) is 23.0 Å². The van der Waals surface area contributed by atoms with Crippen LogP contribution in [0.25, 0.3) is 0 Å². The van der Waals surface area contributed by atoms with Crippen molar-refractivity contribution in [3.63, 3.8) is 0 Å². The Bertz CT molecular complexity index is 509. The summed E-state index contributed by atoms with van der Waals surface area (Å²) in [5.74, 6) is 0.0448. The number of hydrogen-bond donors (Lipinski definition) is 1. The third-order valence-electron chi connectivity index (χ3n) is 3.41. The lowest BCUT2D eigenvalue weighted by Gasteiger charge is -2.16. The monoisotopic (exact) mass is 301 g/mol. The van der Waals surface area contributed by atoms with Crippen molar-refractivity contribution in [1.29, 1.82) is 0 Å². The van der Waals surface area contributed by atoms with Crippen LogP contribution in [-0.2, 0) is 4.74 Å². The molecule has 1 N–H and O–H groups in total. The Morgan fingerprint density at radius 3 is 2.80 bits per heavy atom. The number of ether oxygens (including phenoxy) is 2. The van der Waals surface area contributed by atoms with Crippen molar-refractivity contribution in [3.8, 4) is 5.75 Å². The lowest BCUT2D eigenvalue weighted by Crippen LogP contribution is -2.14. The molecular weight excluding hydrogens is 285 g/mol. The van der Waals surface area contributed by atoms with Crippen molar-refractivity contribution < 1.29 is 18.7 Å². The number of halogens is 2. The van der Waals surface area contributed by atoms with Crippen LogP contribution in [0.4, 0.5) is 14.9 Å². The van der Waals surface area contributed by atoms with E-state index in [1.165, 1.54) is 19.2 Å². The zero-order valence-electron chi connectivity index (χ0n) is 11.4. The number of methoxy groups -OCH3 is 1. The van der Waals surface area contributed by atoms with Gasteiger partial charge in [0, 0.05) is 0 Å². The minimum atomic E-state index is -0.704. The Morgan fingerprint density at radius 2 is 2.20 bits per heavy atom. The van der Waals surface area contributed by atoms with Crippen LogP contribution in [0.15, 0.2) is 12.1 Å². The Labute approximate surface area is 122 Å². The fourth-order valence-corrected chi connectivity index (χ4v) is 2.53. The molecule has 1 aliphatic rings. The summed E-state index contributed by atoms with van der Waals surface area (Å²) in [6.45, 7) is 2.15. The molecule has 0 radical (unpaired) electrons. The highest BCUT2D eigenvalue weighted by atomic mass is 35.5. The van der Waals surface area contributed by atoms with Crippen LogP contribution in [0.2, 0.25) is 5.02 Å². The minimum Gasteiger partial charge on any atom is -0.487 e. The van der Waals surface area contributed by atoms with Gasteiger partial charge < -0.3 is 9.47 Å². The summed E-state index contributed by atoms with van der Waals surface area (Å²) in [7, 11) is 1.22. The van der Waals surface area contributed by atoms with E-state index in [9.17, 15) is 9.18 Å². The molecule has 2 unspecified atom stereocenters. The largest absolute Gasteiger partial charge is 0.487 e. The maximum atomic E-state index is 14.1. The number of amides is 1. The van der Waals surface area contributed by atoms with Gasteiger partial charge in [-0.25, -0.2) is 9.18 Å². The molecule has 0 saturated heterocycles. The molecule has 1 aromatic rings. The Hall–Kier alpha value is -1.49. The minimum absolute atomic E-state index is 0.0231. The van der Waals surface area contributed by atoms with Gasteiger partial charge in [-0.2, -0.15) is 0 Å². The molecule has 2 rings (SSSR count). The number of carbonyl (C=O) groups is 1. The van der Waals surface area contributed by atoms with Crippen LogP contribution in [0.3, 0.4) is 0 Å². The first-order chi connectivity index (χ1) is 9.51. The van der Waals surface area contributed by atoms with Gasteiger partial charge in [-0.3, -0.25) is 5.32 Å². The first-order valence-corrected chi connectivity index (χ1v) is 6.88. The van der Waals surface area contributed by atoms with E-state index in [0.717, 1.165) is 19.3 Å². The summed E-state index contributed by atoms with van der Waals surface area (Å²) in [6, 6.07) is 2.96. The quantitative estimate of drug-likeness (QED) is 0.909. The molecule has 0 spiro atoms. The van der Waals surface area contributed by atoms with E-state index in [-0.39, 0.29) is 22.6 Å². The van der Waals surface area contributed by atoms with Gasteiger partial charge in [0.25, 0.3) is 0 Å². The Balaban J connectivity index is 2.12. The first-order valence-electron chi connectivity index (χ1n) is 6.51. The summed E-state index contributed by atoms with van der Waals surface area (Å²) >= 11 is 5.89. The molecule has 4 nitrogen and oxygen atoms in total. The van der Waals surface area contributed by atoms with Gasteiger partial charge in [0.15, 0.2) is 11.6 Å². The molecule has 1 saturated carbocycles. The van der Waals surface area contributed by atoms with Crippen molar-refractivity contribution in [2.75, 3.05) is 12.4 Å². The number of nitrogens with one attached hydrogen (secondary N) is 1. The van der Waals surface area contributed by atoms with Crippen LogP contribution in [0, 0.1) is 11.7 Å². The average Bonchev–Trinajstić information content (AvgIpc) is 2.83. The molecule has 20 heavy (non-hydrogen) atoms. The molecule has 1 aromatic carbocycles. The molecule has 0 bridgehead atoms. The molecular formula is C14H17ClFNO3. The van der Waals surface area contributed by atoms with Crippen LogP contribution < -0.4 is 10.1 Å². The normalized spacial score (nSPS) is 21.6. The fourth-order valence-electron chi connectivity index (χ4n) is 2.32. The van der Waals surface area contributed by atoms with Gasteiger partial charge in [-0.15, -0.1) is 0 Å². The van der Waals surface area contributed by atoms with E-state index < -0.39 is 11.9 Å². The molecule has 1 aliphatic carbocycles. The van der Waals surface area contributed by atoms with E-state index >= 15 is 0 Å². The molecule has 6 heteroatoms. The van der Waals surface area contributed by atoms with Crippen LogP contribution in [0.5, 0.6) is 5.75 Å². The lowest BCUT2D eigenvalue weighted by molar-refractivity contribution is 0.186. The third kappa shape index (κ3) is 3.33. The number of carbonyl (C=O) groups excluding carboxylic acids is 1.